The van der Waals surface area contributed by atoms with Crippen LogP contribution in [0.5, 0.6) is 0 Å². The molecule has 0 saturated carbocycles. The van der Waals surface area contributed by atoms with Crippen LogP contribution in [-0.4, -0.2) is 19.0 Å². The highest BCUT2D eigenvalue weighted by Crippen LogP contribution is 2.28. The lowest BCUT2D eigenvalue weighted by Crippen LogP contribution is -2.31. The molecule has 7 heteroatoms. The second-order valence-corrected chi connectivity index (χ2v) is 3.37. The van der Waals surface area contributed by atoms with Crippen LogP contribution in [0.3, 0.4) is 0 Å². The first-order valence-corrected chi connectivity index (χ1v) is 4.87. The van der Waals surface area contributed by atoms with E-state index in [0.717, 1.165) is 19.2 Å². The van der Waals surface area contributed by atoms with E-state index in [0.29, 0.717) is 5.56 Å². The molecule has 0 atom stereocenters. The van der Waals surface area contributed by atoms with E-state index in [9.17, 15) is 22.8 Å². The summed E-state index contributed by atoms with van der Waals surface area (Å²) in [5.74, 6) is -2.00. The molecule has 0 aliphatic rings. The Kier molecular flexibility index (Phi) is 4.30. The van der Waals surface area contributed by atoms with Crippen LogP contribution in [0.15, 0.2) is 24.3 Å². The molecule has 1 N–H and O–H groups in total. The molecule has 0 aliphatic carbocycles. The van der Waals surface area contributed by atoms with Gasteiger partial charge in [0, 0.05) is 6.54 Å². The van der Waals surface area contributed by atoms with E-state index in [-0.39, 0.29) is 6.54 Å². The smallest absolute Gasteiger partial charge is 0.416 e. The Hall–Kier alpha value is -2.05. The third kappa shape index (κ3) is 3.76. The van der Waals surface area contributed by atoms with Crippen molar-refractivity contribution in [3.63, 3.8) is 0 Å². The summed E-state index contributed by atoms with van der Waals surface area (Å²) >= 11 is 0. The Morgan fingerprint density at radius 1 is 1.22 bits per heavy atom. The van der Waals surface area contributed by atoms with Crippen LogP contribution in [0.2, 0.25) is 0 Å². The van der Waals surface area contributed by atoms with Crippen molar-refractivity contribution in [3.05, 3.63) is 35.4 Å². The number of rotatable bonds is 2. The van der Waals surface area contributed by atoms with Crippen LogP contribution in [0, 0.1) is 0 Å². The number of hydrogen-bond acceptors (Lipinski definition) is 3. The molecule has 1 aromatic carbocycles. The van der Waals surface area contributed by atoms with Crippen molar-refractivity contribution in [1.82, 2.24) is 5.32 Å². The van der Waals surface area contributed by atoms with Crippen molar-refractivity contribution in [3.8, 4) is 0 Å². The lowest BCUT2D eigenvalue weighted by molar-refractivity contribution is -0.152. The number of methoxy groups -OCH3 is 1. The maximum atomic E-state index is 12.3. The summed E-state index contributed by atoms with van der Waals surface area (Å²) in [4.78, 5) is 21.7. The number of nitrogens with one attached hydrogen (secondary N) is 1. The summed E-state index contributed by atoms with van der Waals surface area (Å²) in [7, 11) is 1.06. The van der Waals surface area contributed by atoms with Crippen molar-refractivity contribution < 1.29 is 27.5 Å². The molecular formula is C11H10F3NO3. The lowest BCUT2D eigenvalue weighted by Gasteiger charge is -2.08. The third-order valence-electron chi connectivity index (χ3n) is 2.11. The van der Waals surface area contributed by atoms with Crippen LogP contribution in [-0.2, 0) is 27.0 Å². The Balaban J connectivity index is 2.60. The van der Waals surface area contributed by atoms with Gasteiger partial charge in [0.05, 0.1) is 12.7 Å². The summed E-state index contributed by atoms with van der Waals surface area (Å²) in [5, 5.41) is 2.21. The van der Waals surface area contributed by atoms with Gasteiger partial charge in [-0.05, 0) is 17.7 Å². The molecular weight excluding hydrogens is 251 g/mol. The van der Waals surface area contributed by atoms with Gasteiger partial charge < -0.3 is 10.1 Å². The number of halogens is 3. The molecule has 0 saturated heterocycles. The number of amides is 1. The summed E-state index contributed by atoms with van der Waals surface area (Å²) in [6.45, 7) is -0.0495. The number of ether oxygens (including phenoxy) is 1. The Morgan fingerprint density at radius 3 is 2.22 bits per heavy atom. The van der Waals surface area contributed by atoms with E-state index >= 15 is 0 Å². The minimum Gasteiger partial charge on any atom is -0.462 e. The zero-order chi connectivity index (χ0) is 13.8. The first-order chi connectivity index (χ1) is 8.34. The number of alkyl halides is 3. The maximum Gasteiger partial charge on any atom is 0.416 e. The summed E-state index contributed by atoms with van der Waals surface area (Å²) < 4.78 is 40.9. The van der Waals surface area contributed by atoms with E-state index in [2.05, 4.69) is 10.1 Å². The van der Waals surface area contributed by atoms with Crippen molar-refractivity contribution in [1.29, 1.82) is 0 Å². The molecule has 18 heavy (non-hydrogen) atoms. The SMILES string of the molecule is COC(=O)C(=O)NCc1ccc(C(F)(F)F)cc1. The zero-order valence-corrected chi connectivity index (χ0v) is 9.38. The van der Waals surface area contributed by atoms with Gasteiger partial charge in [0.25, 0.3) is 0 Å². The molecule has 1 rings (SSSR count). The average molecular weight is 261 g/mol. The molecule has 98 valence electrons. The molecule has 0 aliphatic heterocycles. The standard InChI is InChI=1S/C11H10F3NO3/c1-18-10(17)9(16)15-6-7-2-4-8(5-3-7)11(12,13)14/h2-5H,6H2,1H3,(H,15,16). The highest BCUT2D eigenvalue weighted by Gasteiger charge is 2.29. The van der Waals surface area contributed by atoms with Gasteiger partial charge in [-0.15, -0.1) is 0 Å². The van der Waals surface area contributed by atoms with Crippen molar-refractivity contribution in [2.45, 2.75) is 12.7 Å². The molecule has 0 fully saturated rings. The minimum atomic E-state index is -4.40. The van der Waals surface area contributed by atoms with Gasteiger partial charge in [-0.3, -0.25) is 4.79 Å². The second-order valence-electron chi connectivity index (χ2n) is 3.37. The molecule has 4 nitrogen and oxygen atoms in total. The molecule has 0 radical (unpaired) electrons. The summed E-state index contributed by atoms with van der Waals surface area (Å²) in [6, 6.07) is 4.25. The topological polar surface area (TPSA) is 55.4 Å². The van der Waals surface area contributed by atoms with Crippen molar-refractivity contribution in [2.24, 2.45) is 0 Å². The van der Waals surface area contributed by atoms with Gasteiger partial charge >= 0.3 is 18.1 Å². The molecule has 1 aromatic rings. The fourth-order valence-electron chi connectivity index (χ4n) is 1.16. The Morgan fingerprint density at radius 2 is 1.78 bits per heavy atom. The van der Waals surface area contributed by atoms with E-state index in [1.54, 1.807) is 0 Å². The number of hydrogen-bond donors (Lipinski definition) is 1. The summed E-state index contributed by atoms with van der Waals surface area (Å²) in [6.07, 6.45) is -4.40. The van der Waals surface area contributed by atoms with Crippen LogP contribution in [0.4, 0.5) is 13.2 Å². The van der Waals surface area contributed by atoms with Gasteiger partial charge in [-0.25, -0.2) is 4.79 Å². The van der Waals surface area contributed by atoms with Gasteiger partial charge in [-0.1, -0.05) is 12.1 Å². The quantitative estimate of drug-likeness (QED) is 0.648. The maximum absolute atomic E-state index is 12.3. The predicted octanol–water partition coefficient (Wildman–Crippen LogP) is 1.49. The normalized spacial score (nSPS) is 10.9. The lowest BCUT2D eigenvalue weighted by atomic mass is 10.1. The van der Waals surface area contributed by atoms with Crippen LogP contribution in [0.1, 0.15) is 11.1 Å². The van der Waals surface area contributed by atoms with E-state index in [1.807, 2.05) is 0 Å². The zero-order valence-electron chi connectivity index (χ0n) is 9.38. The number of benzene rings is 1. The molecule has 0 bridgehead atoms. The van der Waals surface area contributed by atoms with Crippen LogP contribution < -0.4 is 5.32 Å². The minimum absolute atomic E-state index is 0.0495. The predicted molar refractivity (Wildman–Crippen MR) is 55.3 cm³/mol. The second kappa shape index (κ2) is 5.52. The van der Waals surface area contributed by atoms with Crippen LogP contribution in [0.25, 0.3) is 0 Å². The highest BCUT2D eigenvalue weighted by molar-refractivity contribution is 6.32. The molecule has 1 amide bonds. The first kappa shape index (κ1) is 14.0. The number of esters is 1. The molecule has 0 aromatic heterocycles. The van der Waals surface area contributed by atoms with E-state index < -0.39 is 23.6 Å². The van der Waals surface area contributed by atoms with E-state index in [1.165, 1.54) is 12.1 Å². The molecule has 0 spiro atoms. The Labute approximate surface area is 101 Å². The van der Waals surface area contributed by atoms with E-state index in [4.69, 9.17) is 0 Å². The van der Waals surface area contributed by atoms with Gasteiger partial charge in [0.1, 0.15) is 0 Å². The monoisotopic (exact) mass is 261 g/mol. The van der Waals surface area contributed by atoms with Gasteiger partial charge in [-0.2, -0.15) is 13.2 Å². The number of carbonyl (C=O) groups excluding carboxylic acids is 2. The largest absolute Gasteiger partial charge is 0.462 e. The van der Waals surface area contributed by atoms with Crippen LogP contribution >= 0.6 is 0 Å². The van der Waals surface area contributed by atoms with Gasteiger partial charge in [0.2, 0.25) is 0 Å². The van der Waals surface area contributed by atoms with Crippen molar-refractivity contribution >= 4 is 11.9 Å². The third-order valence-corrected chi connectivity index (χ3v) is 2.11. The molecule has 0 unspecified atom stereocenters. The molecule has 0 heterocycles. The average Bonchev–Trinajstić information content (AvgIpc) is 2.34. The van der Waals surface area contributed by atoms with Crippen molar-refractivity contribution in [2.75, 3.05) is 7.11 Å². The van der Waals surface area contributed by atoms with Gasteiger partial charge in [0.15, 0.2) is 0 Å². The summed E-state index contributed by atoms with van der Waals surface area (Å²) in [5.41, 5.74) is -0.328. The Bertz CT molecular complexity index is 440. The first-order valence-electron chi connectivity index (χ1n) is 4.87. The fraction of sp³-hybridized carbons (Fsp3) is 0.273. The number of carbonyl (C=O) groups is 2. The fourth-order valence-corrected chi connectivity index (χ4v) is 1.16. The highest BCUT2D eigenvalue weighted by atomic mass is 19.4.